The summed E-state index contributed by atoms with van der Waals surface area (Å²) in [5.74, 6) is 0.302. The number of ether oxygens (including phenoxy) is 2. The van der Waals surface area contributed by atoms with Crippen LogP contribution in [0.15, 0.2) is 42.6 Å². The van der Waals surface area contributed by atoms with Crippen LogP contribution < -0.4 is 10.6 Å². The van der Waals surface area contributed by atoms with Crippen LogP contribution >= 0.6 is 0 Å². The SMILES string of the molecule is COCCN1C[C@@H](C)[C@H](NC(=O)Nc2c(C)c(-c3cnc4c(c3)c(C(=O)OC)nn4C)nn2-c2ccccc2)C1. The van der Waals surface area contributed by atoms with Crippen molar-refractivity contribution in [2.24, 2.45) is 13.0 Å². The zero-order valence-corrected chi connectivity index (χ0v) is 23.3. The topological polar surface area (TPSA) is 128 Å². The number of anilines is 1. The Hall–Kier alpha value is -4.29. The number of esters is 1. The van der Waals surface area contributed by atoms with Crippen molar-refractivity contribution in [3.05, 3.63) is 53.9 Å². The van der Waals surface area contributed by atoms with Crippen molar-refractivity contribution in [1.29, 1.82) is 0 Å². The van der Waals surface area contributed by atoms with Crippen molar-refractivity contribution < 1.29 is 19.1 Å². The molecule has 1 aromatic carbocycles. The molecule has 0 bridgehead atoms. The minimum atomic E-state index is -0.544. The van der Waals surface area contributed by atoms with E-state index in [1.54, 1.807) is 29.7 Å². The Labute approximate surface area is 232 Å². The number of urea groups is 1. The molecule has 0 saturated carbocycles. The highest BCUT2D eigenvalue weighted by Crippen LogP contribution is 2.32. The van der Waals surface area contributed by atoms with E-state index in [1.165, 1.54) is 7.11 Å². The standard InChI is InChI=1S/C28H34N8O4/c1-17-15-35(11-12-39-4)16-22(17)30-28(38)31-25-18(2)23(33-36(25)20-9-7-6-8-10-20)19-13-21-24(27(37)40-5)32-34(3)26(21)29-14-19/h6-10,13-14,17,22H,11-12,15-16H2,1-5H3,(H2,30,31,38)/t17-,22-/m1/s1. The molecule has 40 heavy (non-hydrogen) atoms. The first kappa shape index (κ1) is 27.3. The van der Waals surface area contributed by atoms with Crippen LogP contribution in [0.2, 0.25) is 0 Å². The smallest absolute Gasteiger partial charge is 0.359 e. The lowest BCUT2D eigenvalue weighted by Crippen LogP contribution is -2.42. The molecule has 3 aromatic heterocycles. The van der Waals surface area contributed by atoms with Gasteiger partial charge in [-0.05, 0) is 31.0 Å². The Morgan fingerprint density at radius 2 is 1.90 bits per heavy atom. The number of likely N-dealkylation sites (tertiary alicyclic amines) is 1. The van der Waals surface area contributed by atoms with Crippen LogP contribution in [0.4, 0.5) is 10.6 Å². The maximum atomic E-state index is 13.3. The van der Waals surface area contributed by atoms with Gasteiger partial charge in [0.15, 0.2) is 11.3 Å². The number of amides is 2. The van der Waals surface area contributed by atoms with Crippen molar-refractivity contribution in [3.8, 4) is 16.9 Å². The molecule has 12 heteroatoms. The van der Waals surface area contributed by atoms with Crippen molar-refractivity contribution in [3.63, 3.8) is 0 Å². The molecule has 4 heterocycles. The fourth-order valence-corrected chi connectivity index (χ4v) is 5.16. The van der Waals surface area contributed by atoms with Crippen LogP contribution in [0.25, 0.3) is 28.0 Å². The molecular weight excluding hydrogens is 512 g/mol. The largest absolute Gasteiger partial charge is 0.464 e. The molecule has 1 aliphatic heterocycles. The Kier molecular flexibility index (Phi) is 7.81. The summed E-state index contributed by atoms with van der Waals surface area (Å²) in [5.41, 5.74) is 3.57. The predicted octanol–water partition coefficient (Wildman–Crippen LogP) is 3.00. The molecule has 210 valence electrons. The van der Waals surface area contributed by atoms with Gasteiger partial charge in [0, 0.05) is 57.2 Å². The maximum absolute atomic E-state index is 13.3. The first-order chi connectivity index (χ1) is 19.3. The molecule has 2 amide bonds. The number of aromatic nitrogens is 5. The van der Waals surface area contributed by atoms with Crippen molar-refractivity contribution in [2.75, 3.05) is 45.8 Å². The van der Waals surface area contributed by atoms with Crippen LogP contribution in [0.1, 0.15) is 23.0 Å². The second-order valence-corrected chi connectivity index (χ2v) is 10.1. The normalized spacial score (nSPS) is 17.3. The lowest BCUT2D eigenvalue weighted by atomic mass is 10.1. The molecule has 0 radical (unpaired) electrons. The summed E-state index contributed by atoms with van der Waals surface area (Å²) in [7, 11) is 4.73. The highest BCUT2D eigenvalue weighted by Gasteiger charge is 2.31. The quantitative estimate of drug-likeness (QED) is 0.323. The molecule has 0 unspecified atom stereocenters. The first-order valence-electron chi connectivity index (χ1n) is 13.2. The Morgan fingerprint density at radius 1 is 1.12 bits per heavy atom. The second kappa shape index (κ2) is 11.4. The molecule has 0 aliphatic carbocycles. The van der Waals surface area contributed by atoms with Gasteiger partial charge in [-0.2, -0.15) is 10.2 Å². The van der Waals surface area contributed by atoms with Gasteiger partial charge in [-0.25, -0.2) is 23.9 Å². The number of fused-ring (bicyclic) bond motifs is 1. The van der Waals surface area contributed by atoms with E-state index in [-0.39, 0.29) is 17.8 Å². The summed E-state index contributed by atoms with van der Waals surface area (Å²) in [4.78, 5) is 32.4. The lowest BCUT2D eigenvalue weighted by Gasteiger charge is -2.18. The minimum absolute atomic E-state index is 0.0126. The molecule has 2 N–H and O–H groups in total. The Morgan fingerprint density at radius 3 is 2.62 bits per heavy atom. The van der Waals surface area contributed by atoms with E-state index in [9.17, 15) is 9.59 Å². The van der Waals surface area contributed by atoms with E-state index < -0.39 is 5.97 Å². The van der Waals surface area contributed by atoms with Crippen molar-refractivity contribution >= 4 is 28.9 Å². The van der Waals surface area contributed by atoms with E-state index in [0.29, 0.717) is 40.6 Å². The third-order valence-electron chi connectivity index (χ3n) is 7.30. The number of pyridine rings is 1. The fraction of sp³-hybridized carbons (Fsp3) is 0.393. The minimum Gasteiger partial charge on any atom is -0.464 e. The van der Waals surface area contributed by atoms with Gasteiger partial charge in [-0.3, -0.25) is 10.2 Å². The van der Waals surface area contributed by atoms with Gasteiger partial charge in [0.2, 0.25) is 0 Å². The first-order valence-corrected chi connectivity index (χ1v) is 13.2. The average molecular weight is 547 g/mol. The second-order valence-electron chi connectivity index (χ2n) is 10.1. The fourth-order valence-electron chi connectivity index (χ4n) is 5.16. The Balaban J connectivity index is 1.48. The van der Waals surface area contributed by atoms with Crippen LogP contribution in [-0.2, 0) is 16.5 Å². The highest BCUT2D eigenvalue weighted by molar-refractivity contribution is 6.02. The number of para-hydroxylation sites is 1. The van der Waals surface area contributed by atoms with Gasteiger partial charge in [-0.15, -0.1) is 0 Å². The number of benzene rings is 1. The van der Waals surface area contributed by atoms with E-state index in [0.717, 1.165) is 30.9 Å². The van der Waals surface area contributed by atoms with E-state index in [1.807, 2.05) is 43.3 Å². The number of carbonyl (C=O) groups is 2. The van der Waals surface area contributed by atoms with Crippen molar-refractivity contribution in [1.82, 2.24) is 34.8 Å². The molecule has 1 aliphatic rings. The predicted molar refractivity (Wildman–Crippen MR) is 151 cm³/mol. The summed E-state index contributed by atoms with van der Waals surface area (Å²) < 4.78 is 13.4. The molecular formula is C28H34N8O4. The number of hydrogen-bond donors (Lipinski definition) is 2. The molecule has 2 atom stereocenters. The number of hydrogen-bond acceptors (Lipinski definition) is 8. The van der Waals surface area contributed by atoms with Gasteiger partial charge in [0.1, 0.15) is 5.82 Å². The van der Waals surface area contributed by atoms with Gasteiger partial charge in [-0.1, -0.05) is 25.1 Å². The third-order valence-corrected chi connectivity index (χ3v) is 7.30. The summed E-state index contributed by atoms with van der Waals surface area (Å²) in [6.07, 6.45) is 1.69. The molecule has 12 nitrogen and oxygen atoms in total. The van der Waals surface area contributed by atoms with Crippen LogP contribution in [0, 0.1) is 12.8 Å². The number of nitrogens with one attached hydrogen (secondary N) is 2. The van der Waals surface area contributed by atoms with E-state index in [4.69, 9.17) is 14.6 Å². The monoisotopic (exact) mass is 546 g/mol. The van der Waals surface area contributed by atoms with Crippen LogP contribution in [0.5, 0.6) is 0 Å². The Bertz CT molecular complexity index is 1530. The number of nitrogens with zero attached hydrogens (tertiary/aromatic N) is 6. The molecule has 1 saturated heterocycles. The average Bonchev–Trinajstić information content (AvgIpc) is 3.60. The summed E-state index contributed by atoms with van der Waals surface area (Å²) in [6, 6.07) is 11.1. The number of aryl methyl sites for hydroxylation is 1. The summed E-state index contributed by atoms with van der Waals surface area (Å²) in [5, 5.41) is 15.9. The zero-order valence-electron chi connectivity index (χ0n) is 23.3. The van der Waals surface area contributed by atoms with E-state index >= 15 is 0 Å². The summed E-state index contributed by atoms with van der Waals surface area (Å²) in [6.45, 7) is 7.19. The lowest BCUT2D eigenvalue weighted by molar-refractivity contribution is 0.0595. The number of rotatable bonds is 8. The molecule has 5 rings (SSSR count). The van der Waals surface area contributed by atoms with Crippen LogP contribution in [0.3, 0.4) is 0 Å². The van der Waals surface area contributed by atoms with Gasteiger partial charge >= 0.3 is 12.0 Å². The van der Waals surface area contributed by atoms with E-state index in [2.05, 4.69) is 32.5 Å². The number of methoxy groups -OCH3 is 2. The number of carbonyl (C=O) groups excluding carboxylic acids is 2. The van der Waals surface area contributed by atoms with Gasteiger partial charge < -0.3 is 14.8 Å². The molecule has 0 spiro atoms. The van der Waals surface area contributed by atoms with Crippen LogP contribution in [-0.4, -0.2) is 87.9 Å². The van der Waals surface area contributed by atoms with Gasteiger partial charge in [0.25, 0.3) is 0 Å². The summed E-state index contributed by atoms with van der Waals surface area (Å²) >= 11 is 0. The third kappa shape index (κ3) is 5.27. The molecule has 4 aromatic rings. The zero-order chi connectivity index (χ0) is 28.4. The maximum Gasteiger partial charge on any atom is 0.359 e. The van der Waals surface area contributed by atoms with Gasteiger partial charge in [0.05, 0.1) is 30.5 Å². The van der Waals surface area contributed by atoms with Crippen molar-refractivity contribution in [2.45, 2.75) is 19.9 Å². The molecule has 1 fully saturated rings. The highest BCUT2D eigenvalue weighted by atomic mass is 16.5.